The van der Waals surface area contributed by atoms with Gasteiger partial charge in [0.1, 0.15) is 0 Å². The van der Waals surface area contributed by atoms with Crippen molar-refractivity contribution >= 4 is 5.69 Å². The van der Waals surface area contributed by atoms with Crippen LogP contribution in [-0.4, -0.2) is 12.6 Å². The number of benzene rings is 2. The first-order chi connectivity index (χ1) is 10.2. The molecule has 2 aromatic rings. The van der Waals surface area contributed by atoms with Crippen molar-refractivity contribution in [2.45, 2.75) is 25.4 Å². The second kappa shape index (κ2) is 7.47. The Morgan fingerprint density at radius 3 is 2.14 bits per heavy atom. The average Bonchev–Trinajstić information content (AvgIpc) is 2.52. The first-order valence-electron chi connectivity index (χ1n) is 7.23. The fourth-order valence-electron chi connectivity index (χ4n) is 2.64. The molecule has 3 nitrogen and oxygen atoms in total. The second-order valence-electron chi connectivity index (χ2n) is 5.15. The van der Waals surface area contributed by atoms with Crippen molar-refractivity contribution in [2.75, 3.05) is 11.4 Å². The zero-order valence-corrected chi connectivity index (χ0v) is 12.3. The Bertz CT molecular complexity index is 572. The lowest BCUT2D eigenvalue weighted by atomic mass is 9.98. The SMILES string of the molecule is CC(N)C(c1ccccc1)N(CCC#N)c1ccccc1. The third-order valence-corrected chi connectivity index (χ3v) is 3.53. The molecule has 0 radical (unpaired) electrons. The molecule has 0 saturated carbocycles. The van der Waals surface area contributed by atoms with Crippen molar-refractivity contribution in [3.8, 4) is 6.07 Å². The summed E-state index contributed by atoms with van der Waals surface area (Å²) < 4.78 is 0. The number of anilines is 1. The number of hydrogen-bond acceptors (Lipinski definition) is 3. The molecule has 2 unspecified atom stereocenters. The van der Waals surface area contributed by atoms with E-state index in [0.29, 0.717) is 13.0 Å². The van der Waals surface area contributed by atoms with Crippen LogP contribution in [0.2, 0.25) is 0 Å². The summed E-state index contributed by atoms with van der Waals surface area (Å²) in [6.45, 7) is 2.68. The molecular weight excluding hydrogens is 258 g/mol. The van der Waals surface area contributed by atoms with Gasteiger partial charge in [-0.15, -0.1) is 0 Å². The van der Waals surface area contributed by atoms with Gasteiger partial charge in [0, 0.05) is 18.3 Å². The van der Waals surface area contributed by atoms with Crippen LogP contribution in [0.5, 0.6) is 0 Å². The Morgan fingerprint density at radius 2 is 1.62 bits per heavy atom. The third-order valence-electron chi connectivity index (χ3n) is 3.53. The van der Waals surface area contributed by atoms with E-state index in [-0.39, 0.29) is 12.1 Å². The van der Waals surface area contributed by atoms with Crippen LogP contribution in [0.25, 0.3) is 0 Å². The van der Waals surface area contributed by atoms with Crippen molar-refractivity contribution in [1.29, 1.82) is 5.26 Å². The van der Waals surface area contributed by atoms with Gasteiger partial charge in [-0.2, -0.15) is 5.26 Å². The summed E-state index contributed by atoms with van der Waals surface area (Å²) in [5.74, 6) is 0. The molecule has 0 heterocycles. The van der Waals surface area contributed by atoms with Crippen LogP contribution in [0.1, 0.15) is 24.9 Å². The molecule has 0 amide bonds. The van der Waals surface area contributed by atoms with E-state index in [0.717, 1.165) is 5.69 Å². The highest BCUT2D eigenvalue weighted by Gasteiger charge is 2.24. The summed E-state index contributed by atoms with van der Waals surface area (Å²) in [7, 11) is 0. The monoisotopic (exact) mass is 279 g/mol. The van der Waals surface area contributed by atoms with Crippen LogP contribution in [0.4, 0.5) is 5.69 Å². The minimum Gasteiger partial charge on any atom is -0.362 e. The molecule has 2 rings (SSSR count). The van der Waals surface area contributed by atoms with Crippen molar-refractivity contribution in [1.82, 2.24) is 0 Å². The quantitative estimate of drug-likeness (QED) is 0.880. The number of rotatable bonds is 6. The van der Waals surface area contributed by atoms with E-state index in [1.54, 1.807) is 0 Å². The minimum absolute atomic E-state index is 0.0358. The van der Waals surface area contributed by atoms with Gasteiger partial charge in [0.05, 0.1) is 18.5 Å². The largest absolute Gasteiger partial charge is 0.362 e. The molecule has 0 aromatic heterocycles. The van der Waals surface area contributed by atoms with E-state index in [2.05, 4.69) is 35.2 Å². The van der Waals surface area contributed by atoms with E-state index in [1.807, 2.05) is 43.3 Å². The zero-order chi connectivity index (χ0) is 15.1. The molecule has 0 fully saturated rings. The lowest BCUT2D eigenvalue weighted by molar-refractivity contribution is 0.532. The van der Waals surface area contributed by atoms with E-state index >= 15 is 0 Å². The van der Waals surface area contributed by atoms with E-state index in [9.17, 15) is 0 Å². The Kier molecular flexibility index (Phi) is 5.36. The molecule has 3 heteroatoms. The molecule has 21 heavy (non-hydrogen) atoms. The van der Waals surface area contributed by atoms with Crippen LogP contribution in [0.15, 0.2) is 60.7 Å². The molecule has 0 bridgehead atoms. The lowest BCUT2D eigenvalue weighted by Crippen LogP contribution is -2.40. The Balaban J connectivity index is 2.39. The molecule has 108 valence electrons. The minimum atomic E-state index is -0.0358. The van der Waals surface area contributed by atoms with Crippen molar-refractivity contribution in [3.63, 3.8) is 0 Å². The Morgan fingerprint density at radius 1 is 1.05 bits per heavy atom. The third kappa shape index (κ3) is 3.84. The van der Waals surface area contributed by atoms with E-state index in [1.165, 1.54) is 5.56 Å². The Hall–Kier alpha value is -2.31. The van der Waals surface area contributed by atoms with Gasteiger partial charge in [-0.3, -0.25) is 0 Å². The van der Waals surface area contributed by atoms with Gasteiger partial charge in [-0.1, -0.05) is 48.5 Å². The summed E-state index contributed by atoms with van der Waals surface area (Å²) >= 11 is 0. The molecular formula is C18H21N3. The topological polar surface area (TPSA) is 53.0 Å². The van der Waals surface area contributed by atoms with Gasteiger partial charge in [0.2, 0.25) is 0 Å². The van der Waals surface area contributed by atoms with Gasteiger partial charge in [0.15, 0.2) is 0 Å². The van der Waals surface area contributed by atoms with E-state index in [4.69, 9.17) is 11.0 Å². The summed E-state index contributed by atoms with van der Waals surface area (Å²) in [5.41, 5.74) is 8.53. The molecule has 0 aliphatic heterocycles. The molecule has 0 aliphatic rings. The summed E-state index contributed by atoms with van der Waals surface area (Å²) in [5, 5.41) is 8.95. The number of nitrogens with zero attached hydrogens (tertiary/aromatic N) is 2. The fourth-order valence-corrected chi connectivity index (χ4v) is 2.64. The maximum atomic E-state index is 8.95. The van der Waals surface area contributed by atoms with Gasteiger partial charge in [0.25, 0.3) is 0 Å². The predicted molar refractivity (Wildman–Crippen MR) is 86.9 cm³/mol. The Labute approximate surface area is 126 Å². The number of para-hydroxylation sites is 1. The maximum absolute atomic E-state index is 8.95. The fraction of sp³-hybridized carbons (Fsp3) is 0.278. The van der Waals surface area contributed by atoms with Gasteiger partial charge < -0.3 is 10.6 Å². The first-order valence-corrected chi connectivity index (χ1v) is 7.23. The normalized spacial score (nSPS) is 13.2. The highest BCUT2D eigenvalue weighted by Crippen LogP contribution is 2.29. The number of nitrogens with two attached hydrogens (primary N) is 1. The van der Waals surface area contributed by atoms with Gasteiger partial charge >= 0.3 is 0 Å². The predicted octanol–water partition coefficient (Wildman–Crippen LogP) is 3.50. The van der Waals surface area contributed by atoms with Crippen LogP contribution in [-0.2, 0) is 0 Å². The average molecular weight is 279 g/mol. The number of hydrogen-bond donors (Lipinski definition) is 1. The number of nitriles is 1. The summed E-state index contributed by atoms with van der Waals surface area (Å²) in [6, 6.07) is 22.6. The molecule has 2 N–H and O–H groups in total. The molecule has 0 spiro atoms. The zero-order valence-electron chi connectivity index (χ0n) is 12.3. The first kappa shape index (κ1) is 15.1. The van der Waals surface area contributed by atoms with Gasteiger partial charge in [-0.25, -0.2) is 0 Å². The van der Waals surface area contributed by atoms with Crippen LogP contribution in [0, 0.1) is 11.3 Å². The smallest absolute Gasteiger partial charge is 0.0691 e. The van der Waals surface area contributed by atoms with Crippen molar-refractivity contribution in [2.24, 2.45) is 5.73 Å². The van der Waals surface area contributed by atoms with Gasteiger partial charge in [-0.05, 0) is 24.6 Å². The maximum Gasteiger partial charge on any atom is 0.0691 e. The van der Waals surface area contributed by atoms with Crippen molar-refractivity contribution < 1.29 is 0 Å². The van der Waals surface area contributed by atoms with Crippen molar-refractivity contribution in [3.05, 3.63) is 66.2 Å². The molecule has 2 aromatic carbocycles. The standard InChI is InChI=1S/C18H21N3/c1-15(20)18(16-9-4-2-5-10-16)21(14-8-13-19)17-11-6-3-7-12-17/h2-7,9-12,15,18H,8,14,20H2,1H3. The summed E-state index contributed by atoms with van der Waals surface area (Å²) in [4.78, 5) is 2.23. The van der Waals surface area contributed by atoms with Crippen LogP contribution in [0.3, 0.4) is 0 Å². The highest BCUT2D eigenvalue weighted by molar-refractivity contribution is 5.49. The van der Waals surface area contributed by atoms with Crippen LogP contribution >= 0.6 is 0 Å². The van der Waals surface area contributed by atoms with E-state index < -0.39 is 0 Å². The second-order valence-corrected chi connectivity index (χ2v) is 5.15. The lowest BCUT2D eigenvalue weighted by Gasteiger charge is -2.36. The molecule has 2 atom stereocenters. The highest BCUT2D eigenvalue weighted by atomic mass is 15.2. The molecule has 0 aliphatic carbocycles. The molecule has 0 saturated heterocycles. The summed E-state index contributed by atoms with van der Waals surface area (Å²) in [6.07, 6.45) is 0.477. The van der Waals surface area contributed by atoms with Crippen LogP contribution < -0.4 is 10.6 Å².